The van der Waals surface area contributed by atoms with Gasteiger partial charge in [-0.15, -0.1) is 6.42 Å². The zero-order chi connectivity index (χ0) is 56.5. The molecule has 0 unspecified atom stereocenters. The van der Waals surface area contributed by atoms with Crippen molar-refractivity contribution in [3.05, 3.63) is 120 Å². The van der Waals surface area contributed by atoms with Crippen LogP contribution in [0.1, 0.15) is 99.7 Å². The number of terminal acetylenes is 1. The number of ketones is 1. The number of hydrogen-bond acceptors (Lipinski definition) is 16. The van der Waals surface area contributed by atoms with Crippen molar-refractivity contribution in [1.82, 2.24) is 25.1 Å². The molecule has 4 aromatic rings. The summed E-state index contributed by atoms with van der Waals surface area (Å²) in [7, 11) is 0. The lowest BCUT2D eigenvalue weighted by Gasteiger charge is -2.35. The van der Waals surface area contributed by atoms with Crippen molar-refractivity contribution in [3.63, 3.8) is 0 Å². The van der Waals surface area contributed by atoms with Gasteiger partial charge in [-0.1, -0.05) is 75.6 Å². The molecule has 432 valence electrons. The minimum atomic E-state index is -1.92. The Morgan fingerprint density at radius 3 is 2.27 bits per heavy atom. The molecule has 5 heterocycles. The van der Waals surface area contributed by atoms with Crippen LogP contribution in [0.5, 0.6) is 0 Å². The number of pyridine rings is 2. The number of esters is 1. The third-order valence-corrected chi connectivity index (χ3v) is 14.1. The molecular formula is C59H72N8O14. The number of fused-ring (bicyclic) bond motifs is 5. The maximum atomic E-state index is 14.0. The largest absolute Gasteiger partial charge is 0.510 e. The molecule has 1 aliphatic carbocycles. The number of azide groups is 1. The van der Waals surface area contributed by atoms with Gasteiger partial charge >= 0.3 is 12.1 Å². The van der Waals surface area contributed by atoms with Gasteiger partial charge in [0, 0.05) is 65.5 Å². The monoisotopic (exact) mass is 1120 g/mol. The van der Waals surface area contributed by atoms with Crippen LogP contribution in [-0.4, -0.2) is 122 Å². The molecule has 1 atom stereocenters. The quantitative estimate of drug-likeness (QED) is 0.0125. The van der Waals surface area contributed by atoms with E-state index in [-0.39, 0.29) is 132 Å². The molecule has 4 amide bonds. The summed E-state index contributed by atoms with van der Waals surface area (Å²) in [5.41, 5.74) is 12.9. The maximum absolute atomic E-state index is 14.0. The summed E-state index contributed by atoms with van der Waals surface area (Å²) in [6.45, 7) is 7.56. The average Bonchev–Trinajstić information content (AvgIpc) is 3.28. The first-order chi connectivity index (χ1) is 38.2. The van der Waals surface area contributed by atoms with Crippen molar-refractivity contribution in [1.29, 1.82) is 0 Å². The number of amides is 4. The second-order valence-electron chi connectivity index (χ2n) is 19.3. The molecule has 2 aromatic carbocycles. The average molecular weight is 1120 g/mol. The van der Waals surface area contributed by atoms with E-state index in [2.05, 4.69) is 39.6 Å². The highest BCUT2D eigenvalue weighted by Gasteiger charge is 2.51. The van der Waals surface area contributed by atoms with E-state index >= 15 is 0 Å². The normalized spacial score (nSPS) is 17.3. The molecule has 1 fully saturated rings. The molecule has 0 bridgehead atoms. The second-order valence-corrected chi connectivity index (χ2v) is 19.3. The van der Waals surface area contributed by atoms with Crippen LogP contribution >= 0.6 is 0 Å². The van der Waals surface area contributed by atoms with Gasteiger partial charge in [0.2, 0.25) is 17.4 Å². The summed E-state index contributed by atoms with van der Waals surface area (Å²) in [6, 6.07) is 14.6. The molecule has 1 saturated carbocycles. The van der Waals surface area contributed by atoms with Gasteiger partial charge in [0.25, 0.3) is 17.4 Å². The Morgan fingerprint density at radius 1 is 0.889 bits per heavy atom. The van der Waals surface area contributed by atoms with Crippen LogP contribution in [-0.2, 0) is 95.4 Å². The van der Waals surface area contributed by atoms with Gasteiger partial charge in [-0.3, -0.25) is 33.7 Å². The fourth-order valence-electron chi connectivity index (χ4n) is 9.99. The molecule has 3 aliphatic heterocycles. The molecule has 22 heteroatoms. The minimum Gasteiger partial charge on any atom is -0.457 e. The number of ether oxygens (including phenoxy) is 6. The third-order valence-electron chi connectivity index (χ3n) is 14.1. The Morgan fingerprint density at radius 2 is 1.59 bits per heavy atom. The SMILES string of the molecule is C.C.C#CCNC(=O)C1CCC(CN2C(=O)C=CC2=O)CC1.CCc1c2c(nc3ccc(C)cc13)-c1cc3c(c(=O)n1C2)COC(=O)[C@@]3(CC)OC(=O)OCc1ccc(CC(=O)COCC(=O)NCCOCCOCCN=[N+]=[N-])cc1. The van der Waals surface area contributed by atoms with Crippen molar-refractivity contribution < 1.29 is 62.0 Å². The summed E-state index contributed by atoms with van der Waals surface area (Å²) < 4.78 is 34.1. The van der Waals surface area contributed by atoms with Gasteiger partial charge in [-0.25, -0.2) is 14.6 Å². The second kappa shape index (κ2) is 30.4. The fourth-order valence-corrected chi connectivity index (χ4v) is 9.99. The standard InChI is InChI=1S/C42H46N6O11.C15H18N2O3.2CH4/c1-4-30-31-18-26(3)6-11-35(31)46-38-32(30)21-48-36(38)20-34-33(39(48)51)24-57-40(52)42(34,5-2)59-41(53)58-22-28-9-7-27(8-10-28)19-29(49)23-56-25-37(50)44-12-14-54-16-17-55-15-13-45-47-43;1-2-9-16-15(20)12-5-3-11(4-6-12)10-17-13(18)7-8-14(17)19;;/h6-11,18,20H,4-5,12-17,19,21-25H2,1-3H3,(H,44,50);1,7-8,11-12H,3-6,9-10H2,(H,16,20);2*1H4/t42-;;;/m0.../s1. The van der Waals surface area contributed by atoms with Gasteiger partial charge in [0.15, 0.2) is 5.78 Å². The molecule has 0 saturated heterocycles. The summed E-state index contributed by atoms with van der Waals surface area (Å²) >= 11 is 0. The van der Waals surface area contributed by atoms with E-state index in [0.717, 1.165) is 59.7 Å². The summed E-state index contributed by atoms with van der Waals surface area (Å²) in [4.78, 5) is 109. The molecule has 4 aliphatic rings. The zero-order valence-corrected chi connectivity index (χ0v) is 44.5. The maximum Gasteiger partial charge on any atom is 0.510 e. The predicted octanol–water partition coefficient (Wildman–Crippen LogP) is 6.64. The first-order valence-corrected chi connectivity index (χ1v) is 26.3. The van der Waals surface area contributed by atoms with Crippen molar-refractivity contribution >= 4 is 52.4 Å². The lowest BCUT2D eigenvalue weighted by molar-refractivity contribution is -0.175. The Hall–Kier alpha value is -8.22. The number of aromatic nitrogens is 2. The molecule has 81 heavy (non-hydrogen) atoms. The molecular weight excluding hydrogens is 1040 g/mol. The number of hydrogen-bond donors (Lipinski definition) is 2. The van der Waals surface area contributed by atoms with E-state index in [4.69, 9.17) is 45.4 Å². The molecule has 2 N–H and O–H groups in total. The minimum absolute atomic E-state index is 0. The zero-order valence-electron chi connectivity index (χ0n) is 44.5. The smallest absolute Gasteiger partial charge is 0.457 e. The number of nitrogens with zero attached hydrogens (tertiary/aromatic N) is 6. The number of cyclic esters (lactones) is 1. The van der Waals surface area contributed by atoms with E-state index in [9.17, 15) is 38.4 Å². The molecule has 8 rings (SSSR count). The van der Waals surface area contributed by atoms with Crippen LogP contribution < -0.4 is 16.2 Å². The highest BCUT2D eigenvalue weighted by Crippen LogP contribution is 2.42. The Balaban J connectivity index is 0.000000461. The van der Waals surface area contributed by atoms with Crippen LogP contribution in [0, 0.1) is 31.1 Å². The van der Waals surface area contributed by atoms with Crippen LogP contribution in [0.25, 0.3) is 32.7 Å². The number of nitrogens with one attached hydrogen (secondary N) is 2. The summed E-state index contributed by atoms with van der Waals surface area (Å²) in [6.07, 6.45) is 10.7. The van der Waals surface area contributed by atoms with Gasteiger partial charge in [0.1, 0.15) is 26.4 Å². The Bertz CT molecular complexity index is 3120. The summed E-state index contributed by atoms with van der Waals surface area (Å²) in [5.74, 6) is 0.796. The number of rotatable bonds is 24. The van der Waals surface area contributed by atoms with Gasteiger partial charge < -0.3 is 43.6 Å². The Labute approximate surface area is 470 Å². The number of carbonyl (C=O) groups is 7. The molecule has 2 aromatic heterocycles. The van der Waals surface area contributed by atoms with Crippen LogP contribution in [0.2, 0.25) is 0 Å². The van der Waals surface area contributed by atoms with Crippen LogP contribution in [0.15, 0.2) is 70.6 Å². The topological polar surface area (TPSA) is 286 Å². The summed E-state index contributed by atoms with van der Waals surface area (Å²) in [5, 5.41) is 9.72. The van der Waals surface area contributed by atoms with Crippen LogP contribution in [0.3, 0.4) is 0 Å². The van der Waals surface area contributed by atoms with Crippen LogP contribution in [0.4, 0.5) is 4.79 Å². The van der Waals surface area contributed by atoms with Gasteiger partial charge in [-0.2, -0.15) is 0 Å². The molecule has 0 radical (unpaired) electrons. The number of aryl methyl sites for hydroxylation is 2. The first-order valence-electron chi connectivity index (χ1n) is 26.3. The number of imide groups is 1. The highest BCUT2D eigenvalue weighted by atomic mass is 16.7. The van der Waals surface area contributed by atoms with E-state index in [1.54, 1.807) is 41.8 Å². The predicted molar refractivity (Wildman–Crippen MR) is 299 cm³/mol. The fraction of sp³-hybridized carbons (Fsp3) is 0.475. The van der Waals surface area contributed by atoms with Crippen molar-refractivity contribution in [2.45, 2.75) is 106 Å². The van der Waals surface area contributed by atoms with Gasteiger partial charge in [0.05, 0.1) is 62.0 Å². The van der Waals surface area contributed by atoms with E-state index < -0.39 is 17.7 Å². The first kappa shape index (κ1) is 63.6. The third kappa shape index (κ3) is 16.0. The van der Waals surface area contributed by atoms with E-state index in [0.29, 0.717) is 61.3 Å². The van der Waals surface area contributed by atoms with Crippen molar-refractivity contribution in [3.8, 4) is 23.7 Å². The number of Topliss-reactive ketones (excluding diaryl/α,β-unsaturated/α-hetero) is 1. The number of benzene rings is 2. The molecule has 0 spiro atoms. The van der Waals surface area contributed by atoms with Crippen molar-refractivity contribution in [2.75, 3.05) is 65.8 Å². The van der Waals surface area contributed by atoms with E-state index in [1.807, 2.05) is 19.1 Å². The Kier molecular flexibility index (Phi) is 23.9. The number of carbonyl (C=O) groups excluding carboxylic acids is 7. The molecule has 22 nitrogen and oxygen atoms in total. The lowest BCUT2D eigenvalue weighted by Crippen LogP contribution is -2.47. The van der Waals surface area contributed by atoms with E-state index in [1.165, 1.54) is 17.1 Å². The lowest BCUT2D eigenvalue weighted by atomic mass is 9.81. The van der Waals surface area contributed by atoms with Crippen molar-refractivity contribution in [2.24, 2.45) is 17.0 Å². The van der Waals surface area contributed by atoms with Gasteiger partial charge in [-0.05, 0) is 91.8 Å². The highest BCUT2D eigenvalue weighted by molar-refractivity contribution is 6.12.